The van der Waals surface area contributed by atoms with Crippen LogP contribution >= 0.6 is 11.3 Å². The van der Waals surface area contributed by atoms with Gasteiger partial charge in [-0.2, -0.15) is 0 Å². The van der Waals surface area contributed by atoms with Crippen LogP contribution in [0.15, 0.2) is 44.9 Å². The van der Waals surface area contributed by atoms with Crippen LogP contribution in [0.4, 0.5) is 4.79 Å². The maximum atomic E-state index is 13.2. The van der Waals surface area contributed by atoms with Crippen molar-refractivity contribution in [3.05, 3.63) is 86.5 Å². The number of nitrogens with zero attached hydrogens (tertiary/aromatic N) is 7. The molecule has 9 rings (SSSR count). The second kappa shape index (κ2) is 14.7. The summed E-state index contributed by atoms with van der Waals surface area (Å²) in [5.74, 6) is 3.08. The number of ether oxygens (including phenoxy) is 1. The van der Waals surface area contributed by atoms with E-state index in [1.54, 1.807) is 12.3 Å². The van der Waals surface area contributed by atoms with Gasteiger partial charge in [-0.3, -0.25) is 14.4 Å². The van der Waals surface area contributed by atoms with Crippen LogP contribution in [0.2, 0.25) is 0 Å². The summed E-state index contributed by atoms with van der Waals surface area (Å²) in [6.07, 6.45) is 5.29. The number of benzene rings is 2. The zero-order chi connectivity index (χ0) is 41.2. The maximum Gasteiger partial charge on any atom is 0.420 e. The van der Waals surface area contributed by atoms with Crippen molar-refractivity contribution in [1.82, 2.24) is 39.9 Å². The summed E-state index contributed by atoms with van der Waals surface area (Å²) in [5, 5.41) is 11.5. The Morgan fingerprint density at radius 1 is 0.862 bits per heavy atom. The average Bonchev–Trinajstić information content (AvgIpc) is 3.96. The van der Waals surface area contributed by atoms with Crippen molar-refractivity contribution in [2.75, 3.05) is 14.2 Å². The molecule has 0 aliphatic heterocycles. The number of carbonyl (C=O) groups excluding carboxylic acids is 3. The van der Waals surface area contributed by atoms with E-state index < -0.39 is 11.7 Å². The Morgan fingerprint density at radius 3 is 2.02 bits per heavy atom. The quantitative estimate of drug-likeness (QED) is 0.114. The van der Waals surface area contributed by atoms with Gasteiger partial charge in [0.05, 0.1) is 46.2 Å². The third-order valence-electron chi connectivity index (χ3n) is 10.2. The average molecular weight is 805 g/mol. The van der Waals surface area contributed by atoms with Gasteiger partial charge in [0.25, 0.3) is 5.91 Å². The summed E-state index contributed by atoms with van der Waals surface area (Å²) in [6.45, 7) is 12.9. The molecule has 1 N–H and O–H groups in total. The number of carbonyl (C=O) groups is 3. The molecule has 0 saturated heterocycles. The molecular formula is C42H44N8O7S. The van der Waals surface area contributed by atoms with Crippen molar-refractivity contribution in [3.8, 4) is 22.3 Å². The second-order valence-electron chi connectivity index (χ2n) is 15.8. The fourth-order valence-corrected chi connectivity index (χ4v) is 7.70. The Hall–Kier alpha value is -6.00. The summed E-state index contributed by atoms with van der Waals surface area (Å²) in [7, 11) is 2.95. The van der Waals surface area contributed by atoms with Gasteiger partial charge in [-0.05, 0) is 110 Å². The Bertz CT molecular complexity index is 2690. The highest BCUT2D eigenvalue weighted by molar-refractivity contribution is 7.11. The molecule has 2 aliphatic carbocycles. The summed E-state index contributed by atoms with van der Waals surface area (Å²) in [6, 6.07) is 7.50. The number of amides is 1. The maximum absolute atomic E-state index is 13.2. The van der Waals surface area contributed by atoms with E-state index in [-0.39, 0.29) is 17.6 Å². The molecule has 0 spiro atoms. The molecule has 0 unspecified atom stereocenters. The Labute approximate surface area is 337 Å². The van der Waals surface area contributed by atoms with E-state index in [4.69, 9.17) is 28.6 Å². The topological polar surface area (TPSA) is 184 Å². The van der Waals surface area contributed by atoms with Gasteiger partial charge in [0.15, 0.2) is 5.01 Å². The van der Waals surface area contributed by atoms with Crippen molar-refractivity contribution in [2.45, 2.75) is 91.6 Å². The lowest BCUT2D eigenvalue weighted by atomic mass is 9.98. The van der Waals surface area contributed by atoms with Crippen LogP contribution in [0.3, 0.4) is 0 Å². The van der Waals surface area contributed by atoms with Crippen LogP contribution in [0.1, 0.15) is 119 Å². The number of aromatic amines is 1. The van der Waals surface area contributed by atoms with Crippen LogP contribution in [0.5, 0.6) is 0 Å². The first-order chi connectivity index (χ1) is 27.6. The number of hydrogen-bond donors (Lipinski definition) is 1. The minimum atomic E-state index is -0.678. The fraction of sp³-hybridized carbons (Fsp3) is 0.381. The number of fused-ring (bicyclic) bond motifs is 2. The van der Waals surface area contributed by atoms with Gasteiger partial charge in [-0.1, -0.05) is 10.3 Å². The van der Waals surface area contributed by atoms with E-state index in [0.29, 0.717) is 61.4 Å². The molecule has 2 saturated carbocycles. The second-order valence-corrected chi connectivity index (χ2v) is 16.7. The number of H-pyrrole nitrogens is 1. The van der Waals surface area contributed by atoms with E-state index in [1.165, 1.54) is 30.1 Å². The highest BCUT2D eigenvalue weighted by atomic mass is 32.1. The van der Waals surface area contributed by atoms with Crippen LogP contribution < -0.4 is 0 Å². The van der Waals surface area contributed by atoms with Crippen molar-refractivity contribution < 1.29 is 33.0 Å². The molecule has 7 aromatic rings. The molecule has 0 atom stereocenters. The molecule has 300 valence electrons. The van der Waals surface area contributed by atoms with Crippen molar-refractivity contribution in [1.29, 1.82) is 0 Å². The van der Waals surface area contributed by atoms with Gasteiger partial charge in [0.1, 0.15) is 34.3 Å². The van der Waals surface area contributed by atoms with Crippen LogP contribution in [-0.2, 0) is 9.57 Å². The van der Waals surface area contributed by atoms with Crippen molar-refractivity contribution in [2.24, 2.45) is 0 Å². The molecule has 58 heavy (non-hydrogen) atoms. The first-order valence-corrected chi connectivity index (χ1v) is 20.0. The first-order valence-electron chi connectivity index (χ1n) is 19.1. The van der Waals surface area contributed by atoms with E-state index in [9.17, 15) is 14.4 Å². The van der Waals surface area contributed by atoms with E-state index in [1.807, 2.05) is 72.0 Å². The number of ketones is 1. The number of rotatable bonds is 8. The number of aryl methyl sites for hydroxylation is 4. The third kappa shape index (κ3) is 7.33. The lowest BCUT2D eigenvalue weighted by Gasteiger charge is -2.20. The number of hydroxylamine groups is 2. The molecule has 0 radical (unpaired) electrons. The van der Waals surface area contributed by atoms with E-state index >= 15 is 0 Å². The Kier molecular flexibility index (Phi) is 9.88. The standard InChI is InChI=1S/C23H28N4O5.C19H16N4O2S/c1-12-18(13(2)32-25-12)15-10-16(21(28)26(6)30-7)19-17(11-15)27(20(24-19)14-8-9-14)22(29)31-23(3,4)5;1-9-15(10(2)25-23-9)12-7-13(17(24)19-20-5-6-26-19)16-14(8-12)21-18(22-16)11-3-4-11/h10-11,14H,8-9H2,1-7H3;5-8,11H,3-4H2,1-2H3,(H,21,22). The van der Waals surface area contributed by atoms with Gasteiger partial charge >= 0.3 is 6.09 Å². The Balaban J connectivity index is 0.000000165. The number of hydrogen-bond acceptors (Lipinski definition) is 13. The fourth-order valence-electron chi connectivity index (χ4n) is 7.11. The van der Waals surface area contributed by atoms with Crippen LogP contribution in [0.25, 0.3) is 44.3 Å². The normalized spacial score (nSPS) is 14.2. The number of nitrogens with one attached hydrogen (secondary N) is 1. The lowest BCUT2D eigenvalue weighted by molar-refractivity contribution is -0.0755. The van der Waals surface area contributed by atoms with Crippen LogP contribution in [0, 0.1) is 27.7 Å². The molecular weight excluding hydrogens is 761 g/mol. The van der Waals surface area contributed by atoms with Gasteiger partial charge in [0.2, 0.25) is 5.78 Å². The van der Waals surface area contributed by atoms with Gasteiger partial charge in [0, 0.05) is 41.6 Å². The Morgan fingerprint density at radius 2 is 1.48 bits per heavy atom. The summed E-state index contributed by atoms with van der Waals surface area (Å²) >= 11 is 1.34. The van der Waals surface area contributed by atoms with E-state index in [2.05, 4.69) is 20.3 Å². The SMILES string of the molecule is CON(C)C(=O)c1cc(-c2c(C)noc2C)cc2c1nc(C1CC1)n2C(=O)OC(C)(C)C.Cc1noc(C)c1-c1cc(C(=O)c2nccs2)c2nc(C3CC3)[nH]c2c1. The predicted molar refractivity (Wildman–Crippen MR) is 216 cm³/mol. The highest BCUT2D eigenvalue weighted by Crippen LogP contribution is 2.43. The summed E-state index contributed by atoms with van der Waals surface area (Å²) in [4.78, 5) is 61.7. The van der Waals surface area contributed by atoms with Gasteiger partial charge < -0.3 is 18.8 Å². The molecule has 15 nitrogen and oxygen atoms in total. The zero-order valence-electron chi connectivity index (χ0n) is 33.8. The molecule has 0 bridgehead atoms. The minimum Gasteiger partial charge on any atom is -0.443 e. The predicted octanol–water partition coefficient (Wildman–Crippen LogP) is 9.00. The minimum absolute atomic E-state index is 0.104. The van der Waals surface area contributed by atoms with E-state index in [0.717, 1.165) is 70.2 Å². The largest absolute Gasteiger partial charge is 0.443 e. The first kappa shape index (κ1) is 38.9. The highest BCUT2D eigenvalue weighted by Gasteiger charge is 2.35. The monoisotopic (exact) mass is 804 g/mol. The van der Waals surface area contributed by atoms with Gasteiger partial charge in [-0.15, -0.1) is 11.3 Å². The van der Waals surface area contributed by atoms with Crippen molar-refractivity contribution in [3.63, 3.8) is 0 Å². The molecule has 16 heteroatoms. The molecule has 5 heterocycles. The number of aromatic nitrogens is 7. The molecule has 2 aliphatic rings. The molecule has 2 aromatic carbocycles. The third-order valence-corrected chi connectivity index (χ3v) is 11.0. The summed E-state index contributed by atoms with van der Waals surface area (Å²) in [5.41, 5.74) is 7.51. The molecule has 5 aromatic heterocycles. The zero-order valence-corrected chi connectivity index (χ0v) is 34.7. The lowest BCUT2D eigenvalue weighted by Crippen LogP contribution is -2.28. The van der Waals surface area contributed by atoms with Gasteiger partial charge in [-0.25, -0.2) is 29.4 Å². The van der Waals surface area contributed by atoms with Crippen LogP contribution in [-0.4, -0.2) is 77.4 Å². The molecule has 1 amide bonds. The summed E-state index contributed by atoms with van der Waals surface area (Å²) < 4.78 is 17.9. The number of imidazole rings is 2. The smallest absolute Gasteiger partial charge is 0.420 e. The van der Waals surface area contributed by atoms with Crippen molar-refractivity contribution >= 4 is 51.2 Å². The number of thiazole rings is 1. The molecule has 2 fully saturated rings.